The summed E-state index contributed by atoms with van der Waals surface area (Å²) in [7, 11) is 3.24. The lowest BCUT2D eigenvalue weighted by molar-refractivity contribution is -0.137. The Kier molecular flexibility index (Phi) is 10.1. The first kappa shape index (κ1) is 28.9. The highest BCUT2D eigenvalue weighted by atomic mass is 19.1. The maximum absolute atomic E-state index is 13.7. The highest BCUT2D eigenvalue weighted by Crippen LogP contribution is 2.21. The van der Waals surface area contributed by atoms with Gasteiger partial charge in [-0.2, -0.15) is 0 Å². The van der Waals surface area contributed by atoms with E-state index in [4.69, 9.17) is 9.47 Å². The average Bonchev–Trinajstić information content (AvgIpc) is 3.32. The van der Waals surface area contributed by atoms with Crippen LogP contribution in [0.4, 0.5) is 4.39 Å². The van der Waals surface area contributed by atoms with E-state index in [2.05, 4.69) is 4.57 Å². The molecule has 0 aliphatic rings. The first-order valence-corrected chi connectivity index (χ1v) is 12.7. The van der Waals surface area contributed by atoms with Gasteiger partial charge in [0.05, 0.1) is 13.7 Å². The number of nitrogens with zero attached hydrogens (tertiary/aromatic N) is 3. The molecule has 1 aromatic heterocycles. The van der Waals surface area contributed by atoms with Gasteiger partial charge in [0.2, 0.25) is 5.91 Å². The number of methoxy groups -OCH3 is 2. The number of ether oxygens (including phenoxy) is 2. The van der Waals surface area contributed by atoms with Gasteiger partial charge in [-0.15, -0.1) is 0 Å². The summed E-state index contributed by atoms with van der Waals surface area (Å²) in [5.41, 5.74) is 1.92. The second-order valence-corrected chi connectivity index (χ2v) is 10.2. The zero-order valence-electron chi connectivity index (χ0n) is 22.9. The van der Waals surface area contributed by atoms with Crippen molar-refractivity contribution in [1.82, 2.24) is 14.4 Å². The molecule has 7 nitrogen and oxygen atoms in total. The standard InChI is InChI=1S/C30H38FN3O4/c1-30(2,3)34(21-26-10-7-16-32(26)20-23-9-6-11-27(19-23)38-5)28(35)22-33(17-8-18-37-4)29(36)24-12-14-25(31)15-13-24/h6-7,9-16,19H,8,17-18,20-22H2,1-5H3. The van der Waals surface area contributed by atoms with Gasteiger partial charge >= 0.3 is 0 Å². The number of carbonyl (C=O) groups is 2. The van der Waals surface area contributed by atoms with Gasteiger partial charge in [0, 0.05) is 49.8 Å². The predicted molar refractivity (Wildman–Crippen MR) is 146 cm³/mol. The van der Waals surface area contributed by atoms with Gasteiger partial charge in [-0.1, -0.05) is 12.1 Å². The molecular weight excluding hydrogens is 485 g/mol. The zero-order valence-corrected chi connectivity index (χ0v) is 22.9. The summed E-state index contributed by atoms with van der Waals surface area (Å²) in [5.74, 6) is -0.106. The maximum atomic E-state index is 13.7. The third-order valence-electron chi connectivity index (χ3n) is 6.32. The number of halogens is 1. The number of aromatic nitrogens is 1. The lowest BCUT2D eigenvalue weighted by atomic mass is 10.0. The average molecular weight is 524 g/mol. The van der Waals surface area contributed by atoms with Crippen LogP contribution in [0.3, 0.4) is 0 Å². The summed E-state index contributed by atoms with van der Waals surface area (Å²) in [5, 5.41) is 0. The van der Waals surface area contributed by atoms with Gasteiger partial charge in [0.25, 0.3) is 5.91 Å². The summed E-state index contributed by atoms with van der Waals surface area (Å²) in [6.45, 7) is 7.69. The Labute approximate surface area is 224 Å². The van der Waals surface area contributed by atoms with Crippen molar-refractivity contribution >= 4 is 11.8 Å². The molecule has 0 fully saturated rings. The second-order valence-electron chi connectivity index (χ2n) is 10.2. The molecule has 2 aromatic carbocycles. The normalized spacial score (nSPS) is 11.3. The van der Waals surface area contributed by atoms with Crippen molar-refractivity contribution in [1.29, 1.82) is 0 Å². The Bertz CT molecular complexity index is 1200. The molecule has 0 aliphatic carbocycles. The van der Waals surface area contributed by atoms with Crippen molar-refractivity contribution in [3.8, 4) is 5.75 Å². The Balaban J connectivity index is 1.80. The molecule has 0 atom stereocenters. The fourth-order valence-electron chi connectivity index (χ4n) is 4.25. The Morgan fingerprint density at radius 1 is 1.00 bits per heavy atom. The Morgan fingerprint density at radius 2 is 1.74 bits per heavy atom. The minimum Gasteiger partial charge on any atom is -0.497 e. The summed E-state index contributed by atoms with van der Waals surface area (Å²) >= 11 is 0. The molecule has 8 heteroatoms. The summed E-state index contributed by atoms with van der Waals surface area (Å²) in [6, 6.07) is 17.3. The van der Waals surface area contributed by atoms with Crippen LogP contribution in [0.15, 0.2) is 66.9 Å². The fraction of sp³-hybridized carbons (Fsp3) is 0.400. The predicted octanol–water partition coefficient (Wildman–Crippen LogP) is 4.99. The van der Waals surface area contributed by atoms with Crippen LogP contribution in [0, 0.1) is 5.82 Å². The van der Waals surface area contributed by atoms with Gasteiger partial charge in [-0.3, -0.25) is 9.59 Å². The molecule has 3 rings (SSSR count). The minimum absolute atomic E-state index is 0.0895. The Hall–Kier alpha value is -3.65. The third-order valence-corrected chi connectivity index (χ3v) is 6.32. The molecule has 0 radical (unpaired) electrons. The number of hydrogen-bond donors (Lipinski definition) is 0. The van der Waals surface area contributed by atoms with Crippen molar-refractivity contribution in [2.24, 2.45) is 0 Å². The molecule has 0 aliphatic heterocycles. The van der Waals surface area contributed by atoms with E-state index in [9.17, 15) is 14.0 Å². The van der Waals surface area contributed by atoms with Gasteiger partial charge in [0.1, 0.15) is 18.1 Å². The Morgan fingerprint density at radius 3 is 2.39 bits per heavy atom. The van der Waals surface area contributed by atoms with E-state index >= 15 is 0 Å². The maximum Gasteiger partial charge on any atom is 0.254 e. The van der Waals surface area contributed by atoms with Crippen LogP contribution < -0.4 is 4.74 Å². The van der Waals surface area contributed by atoms with E-state index in [1.54, 1.807) is 19.1 Å². The number of hydrogen-bond acceptors (Lipinski definition) is 4. The molecule has 0 bridgehead atoms. The number of benzene rings is 2. The van der Waals surface area contributed by atoms with Crippen LogP contribution in [0.2, 0.25) is 0 Å². The fourth-order valence-corrected chi connectivity index (χ4v) is 4.25. The minimum atomic E-state index is -0.487. The quantitative estimate of drug-likeness (QED) is 0.314. The lowest BCUT2D eigenvalue weighted by Crippen LogP contribution is -2.50. The molecule has 0 saturated heterocycles. The van der Waals surface area contributed by atoms with Crippen molar-refractivity contribution < 1.29 is 23.5 Å². The monoisotopic (exact) mass is 523 g/mol. The van der Waals surface area contributed by atoms with E-state index in [1.165, 1.54) is 29.2 Å². The number of amides is 2. The molecule has 0 spiro atoms. The van der Waals surface area contributed by atoms with Crippen LogP contribution in [-0.2, 0) is 22.6 Å². The summed E-state index contributed by atoms with van der Waals surface area (Å²) in [6.07, 6.45) is 2.57. The topological polar surface area (TPSA) is 64.0 Å². The van der Waals surface area contributed by atoms with Crippen LogP contribution in [0.1, 0.15) is 48.8 Å². The van der Waals surface area contributed by atoms with E-state index in [-0.39, 0.29) is 18.4 Å². The van der Waals surface area contributed by atoms with Gasteiger partial charge in [-0.05, 0) is 81.3 Å². The van der Waals surface area contributed by atoms with Crippen molar-refractivity contribution in [3.63, 3.8) is 0 Å². The molecule has 0 saturated carbocycles. The van der Waals surface area contributed by atoms with E-state index < -0.39 is 11.4 Å². The molecule has 0 unspecified atom stereocenters. The summed E-state index contributed by atoms with van der Waals surface area (Å²) < 4.78 is 26.0. The first-order valence-electron chi connectivity index (χ1n) is 12.7. The van der Waals surface area contributed by atoms with Crippen LogP contribution >= 0.6 is 0 Å². The molecule has 0 N–H and O–H groups in total. The van der Waals surface area contributed by atoms with Crippen molar-refractivity contribution in [3.05, 3.63) is 89.5 Å². The highest BCUT2D eigenvalue weighted by Gasteiger charge is 2.30. The van der Waals surface area contributed by atoms with E-state index in [1.807, 2.05) is 63.4 Å². The van der Waals surface area contributed by atoms with Crippen molar-refractivity contribution in [2.75, 3.05) is 33.9 Å². The van der Waals surface area contributed by atoms with Gasteiger partial charge in [0.15, 0.2) is 0 Å². The molecule has 204 valence electrons. The molecular formula is C30H38FN3O4. The van der Waals surface area contributed by atoms with Crippen LogP contribution in [-0.4, -0.2) is 65.6 Å². The largest absolute Gasteiger partial charge is 0.497 e. The third kappa shape index (κ3) is 7.92. The SMILES string of the molecule is COCCCN(CC(=O)N(Cc1cccn1Cc1cccc(OC)c1)C(C)(C)C)C(=O)c1ccc(F)cc1. The zero-order chi connectivity index (χ0) is 27.7. The van der Waals surface area contributed by atoms with Crippen LogP contribution in [0.5, 0.6) is 5.75 Å². The first-order chi connectivity index (χ1) is 18.1. The van der Waals surface area contributed by atoms with Crippen LogP contribution in [0.25, 0.3) is 0 Å². The van der Waals surface area contributed by atoms with Gasteiger partial charge in [-0.25, -0.2) is 4.39 Å². The second kappa shape index (κ2) is 13.2. The summed E-state index contributed by atoms with van der Waals surface area (Å²) in [4.78, 5) is 30.3. The molecule has 3 aromatic rings. The number of carbonyl (C=O) groups excluding carboxylic acids is 2. The number of rotatable bonds is 12. The van der Waals surface area contributed by atoms with E-state index in [0.29, 0.717) is 38.2 Å². The van der Waals surface area contributed by atoms with Crippen molar-refractivity contribution in [2.45, 2.75) is 45.8 Å². The molecule has 1 heterocycles. The van der Waals surface area contributed by atoms with Gasteiger partial charge < -0.3 is 23.8 Å². The van der Waals surface area contributed by atoms with E-state index in [0.717, 1.165) is 17.0 Å². The lowest BCUT2D eigenvalue weighted by Gasteiger charge is -2.37. The highest BCUT2D eigenvalue weighted by molar-refractivity contribution is 5.96. The molecule has 38 heavy (non-hydrogen) atoms. The smallest absolute Gasteiger partial charge is 0.254 e. The molecule has 2 amide bonds.